The van der Waals surface area contributed by atoms with Gasteiger partial charge in [0.2, 0.25) is 17.7 Å². The number of anilines is 1. The monoisotopic (exact) mass is 401 g/mol. The van der Waals surface area contributed by atoms with Crippen molar-refractivity contribution in [3.63, 3.8) is 0 Å². The summed E-state index contributed by atoms with van der Waals surface area (Å²) in [7, 11) is 0. The Labute approximate surface area is 175 Å². The van der Waals surface area contributed by atoms with Gasteiger partial charge in [0.1, 0.15) is 11.9 Å². The fourth-order valence-corrected chi connectivity index (χ4v) is 5.19. The van der Waals surface area contributed by atoms with Crippen molar-refractivity contribution >= 4 is 23.5 Å². The molecule has 1 saturated heterocycles. The molecule has 6 heteroatoms. The van der Waals surface area contributed by atoms with Gasteiger partial charge >= 0.3 is 0 Å². The summed E-state index contributed by atoms with van der Waals surface area (Å²) >= 11 is 0. The normalized spacial score (nSPS) is 27.8. The van der Waals surface area contributed by atoms with Crippen LogP contribution in [-0.2, 0) is 20.8 Å². The largest absolute Gasteiger partial charge is 0.309 e. The quantitative estimate of drug-likeness (QED) is 0.617. The third-order valence-corrected chi connectivity index (χ3v) is 6.60. The van der Waals surface area contributed by atoms with Crippen LogP contribution in [0.5, 0.6) is 0 Å². The van der Waals surface area contributed by atoms with Gasteiger partial charge in [-0.2, -0.15) is 0 Å². The van der Waals surface area contributed by atoms with E-state index in [0.29, 0.717) is 5.82 Å². The zero-order valence-corrected chi connectivity index (χ0v) is 16.5. The van der Waals surface area contributed by atoms with Gasteiger partial charge in [-0.15, -0.1) is 0 Å². The van der Waals surface area contributed by atoms with Crippen LogP contribution in [0.15, 0.2) is 66.9 Å². The molecule has 1 saturated carbocycles. The van der Waals surface area contributed by atoms with Gasteiger partial charge in [-0.3, -0.25) is 19.3 Å². The molecule has 2 bridgehead atoms. The van der Waals surface area contributed by atoms with Crippen LogP contribution < -0.4 is 5.32 Å². The highest BCUT2D eigenvalue weighted by Crippen LogP contribution is 2.50. The Balaban J connectivity index is 1.47. The van der Waals surface area contributed by atoms with Gasteiger partial charge in [0.15, 0.2) is 0 Å². The van der Waals surface area contributed by atoms with Gasteiger partial charge in [0.25, 0.3) is 0 Å². The van der Waals surface area contributed by atoms with Gasteiger partial charge in [-0.1, -0.05) is 48.6 Å². The Kier molecular flexibility index (Phi) is 4.69. The van der Waals surface area contributed by atoms with Crippen LogP contribution in [0, 0.1) is 23.7 Å². The number of fused-ring (bicyclic) bond motifs is 1. The van der Waals surface area contributed by atoms with Crippen LogP contribution in [0.2, 0.25) is 0 Å². The number of pyridine rings is 1. The number of likely N-dealkylation sites (tertiary alicyclic amines) is 1. The fraction of sp³-hybridized carbons (Fsp3) is 0.333. The number of nitrogens with one attached hydrogen (secondary N) is 1. The SMILES string of the molecule is O=C(Nc1ccccn1)[C@@H](Cc1ccccc1)N1C(=O)[C@@H]2[C@H](C1=O)[C@H]1C=C[C@H]2CC1. The minimum Gasteiger partial charge on any atom is -0.309 e. The number of hydrogen-bond acceptors (Lipinski definition) is 4. The number of allylic oxidation sites excluding steroid dienone is 2. The van der Waals surface area contributed by atoms with Crippen molar-refractivity contribution in [2.75, 3.05) is 5.32 Å². The number of aromatic nitrogens is 1. The van der Waals surface area contributed by atoms with Crippen molar-refractivity contribution in [2.45, 2.75) is 25.3 Å². The number of nitrogens with zero attached hydrogens (tertiary/aromatic N) is 2. The van der Waals surface area contributed by atoms with E-state index in [0.717, 1.165) is 18.4 Å². The number of amides is 3. The molecule has 2 aromatic rings. The number of imide groups is 1. The molecule has 6 nitrogen and oxygen atoms in total. The zero-order valence-electron chi connectivity index (χ0n) is 16.5. The summed E-state index contributed by atoms with van der Waals surface area (Å²) in [6, 6.07) is 13.8. The lowest BCUT2D eigenvalue weighted by atomic mass is 9.63. The molecule has 1 aromatic heterocycles. The van der Waals surface area contributed by atoms with Crippen LogP contribution >= 0.6 is 0 Å². The maximum Gasteiger partial charge on any atom is 0.249 e. The predicted octanol–water partition coefficient (Wildman–Crippen LogP) is 2.83. The molecule has 1 aromatic carbocycles. The molecule has 0 radical (unpaired) electrons. The molecule has 4 aliphatic rings. The van der Waals surface area contributed by atoms with E-state index in [4.69, 9.17) is 0 Å². The Morgan fingerprint density at radius 1 is 0.967 bits per heavy atom. The third kappa shape index (κ3) is 3.12. The number of carbonyl (C=O) groups is 3. The Morgan fingerprint density at radius 3 is 2.17 bits per heavy atom. The molecule has 152 valence electrons. The number of carbonyl (C=O) groups excluding carboxylic acids is 3. The van der Waals surface area contributed by atoms with Crippen LogP contribution in [0.3, 0.4) is 0 Å². The second-order valence-electron chi connectivity index (χ2n) is 8.30. The summed E-state index contributed by atoms with van der Waals surface area (Å²) in [5.41, 5.74) is 0.898. The molecule has 6 rings (SSSR count). The molecular weight excluding hydrogens is 378 g/mol. The average Bonchev–Trinajstić information content (AvgIpc) is 3.07. The van der Waals surface area contributed by atoms with Crippen LogP contribution in [0.4, 0.5) is 5.82 Å². The molecule has 0 spiro atoms. The summed E-state index contributed by atoms with van der Waals surface area (Å²) in [4.78, 5) is 45.5. The first-order valence-electron chi connectivity index (χ1n) is 10.4. The summed E-state index contributed by atoms with van der Waals surface area (Å²) < 4.78 is 0. The van der Waals surface area contributed by atoms with E-state index in [2.05, 4.69) is 22.5 Å². The first-order valence-corrected chi connectivity index (χ1v) is 10.4. The van der Waals surface area contributed by atoms with Crippen LogP contribution in [-0.4, -0.2) is 33.6 Å². The van der Waals surface area contributed by atoms with Crippen molar-refractivity contribution in [1.29, 1.82) is 0 Å². The smallest absolute Gasteiger partial charge is 0.249 e. The van der Waals surface area contributed by atoms with E-state index in [1.54, 1.807) is 24.4 Å². The average molecular weight is 401 g/mol. The van der Waals surface area contributed by atoms with Gasteiger partial charge in [-0.25, -0.2) is 4.98 Å². The number of hydrogen-bond donors (Lipinski definition) is 1. The molecule has 1 aliphatic heterocycles. The first kappa shape index (κ1) is 18.7. The van der Waals surface area contributed by atoms with Gasteiger partial charge in [0.05, 0.1) is 11.8 Å². The molecule has 2 heterocycles. The highest BCUT2D eigenvalue weighted by atomic mass is 16.2. The van der Waals surface area contributed by atoms with E-state index >= 15 is 0 Å². The van der Waals surface area contributed by atoms with E-state index < -0.39 is 11.9 Å². The molecule has 0 unspecified atom stereocenters. The summed E-state index contributed by atoms with van der Waals surface area (Å²) in [5, 5.41) is 2.79. The highest BCUT2D eigenvalue weighted by Gasteiger charge is 2.58. The third-order valence-electron chi connectivity index (χ3n) is 6.60. The lowest BCUT2D eigenvalue weighted by Gasteiger charge is -2.38. The molecular formula is C24H23N3O3. The van der Waals surface area contributed by atoms with Gasteiger partial charge < -0.3 is 5.32 Å². The molecule has 5 atom stereocenters. The van der Waals surface area contributed by atoms with Crippen molar-refractivity contribution in [3.8, 4) is 0 Å². The molecule has 3 aliphatic carbocycles. The summed E-state index contributed by atoms with van der Waals surface area (Å²) in [6.45, 7) is 0. The van der Waals surface area contributed by atoms with Gasteiger partial charge in [0, 0.05) is 12.6 Å². The topological polar surface area (TPSA) is 79.4 Å². The Morgan fingerprint density at radius 2 is 1.60 bits per heavy atom. The minimum absolute atomic E-state index is 0.0951. The van der Waals surface area contributed by atoms with E-state index in [1.165, 1.54) is 4.90 Å². The molecule has 3 amide bonds. The van der Waals surface area contributed by atoms with E-state index in [9.17, 15) is 14.4 Å². The number of rotatable bonds is 5. The second kappa shape index (κ2) is 7.52. The van der Waals surface area contributed by atoms with Crippen LogP contribution in [0.25, 0.3) is 0 Å². The van der Waals surface area contributed by atoms with Gasteiger partial charge in [-0.05, 0) is 42.4 Å². The minimum atomic E-state index is -0.903. The highest BCUT2D eigenvalue weighted by molar-refractivity contribution is 6.10. The predicted molar refractivity (Wildman–Crippen MR) is 111 cm³/mol. The Bertz CT molecular complexity index is 973. The molecule has 2 fully saturated rings. The van der Waals surface area contributed by atoms with Crippen molar-refractivity contribution in [1.82, 2.24) is 9.88 Å². The summed E-state index contributed by atoms with van der Waals surface area (Å²) in [5.74, 6) is -0.876. The lowest BCUT2D eigenvalue weighted by Crippen LogP contribution is -2.49. The van der Waals surface area contributed by atoms with Crippen molar-refractivity contribution in [3.05, 3.63) is 72.4 Å². The lowest BCUT2D eigenvalue weighted by molar-refractivity contribution is -0.146. The first-order chi connectivity index (χ1) is 14.6. The number of benzene rings is 1. The molecule has 30 heavy (non-hydrogen) atoms. The standard InChI is InChI=1S/C24H23N3O3/c28-22(26-19-8-4-5-13-25-19)18(14-15-6-2-1-3-7-15)27-23(29)20-16-9-10-17(12-11-16)21(20)24(27)30/h1-10,13,16-18,20-21H,11-12,14H2,(H,25,26,28)/t16-,17-,18+,20-,21+/m0/s1. The van der Waals surface area contributed by atoms with Crippen molar-refractivity contribution in [2.24, 2.45) is 23.7 Å². The fourth-order valence-electron chi connectivity index (χ4n) is 5.19. The van der Waals surface area contributed by atoms with E-state index in [-0.39, 0.29) is 41.9 Å². The maximum atomic E-state index is 13.4. The zero-order chi connectivity index (χ0) is 20.7. The van der Waals surface area contributed by atoms with Crippen LogP contribution in [0.1, 0.15) is 18.4 Å². The van der Waals surface area contributed by atoms with E-state index in [1.807, 2.05) is 30.3 Å². The maximum absolute atomic E-state index is 13.4. The van der Waals surface area contributed by atoms with Crippen molar-refractivity contribution < 1.29 is 14.4 Å². The summed E-state index contributed by atoms with van der Waals surface area (Å²) in [6.07, 6.45) is 7.90. The second-order valence-corrected chi connectivity index (χ2v) is 8.30. The Hall–Kier alpha value is -3.28. The molecule has 1 N–H and O–H groups in total.